The van der Waals surface area contributed by atoms with Gasteiger partial charge in [0.1, 0.15) is 12.6 Å². The molecule has 0 radical (unpaired) electrons. The maximum Gasteiger partial charge on any atom is 0.338 e. The van der Waals surface area contributed by atoms with E-state index in [1.165, 1.54) is 29.8 Å². The molecule has 0 spiro atoms. The quantitative estimate of drug-likeness (QED) is 0.336. The van der Waals surface area contributed by atoms with E-state index in [9.17, 15) is 9.59 Å². The summed E-state index contributed by atoms with van der Waals surface area (Å²) < 4.78 is 18.6. The molecule has 0 aliphatic carbocycles. The molecule has 0 saturated heterocycles. The maximum atomic E-state index is 13.6. The summed E-state index contributed by atoms with van der Waals surface area (Å²) in [6.07, 6.45) is 1.80. The number of fused-ring (bicyclic) bond motifs is 1. The van der Waals surface area contributed by atoms with E-state index < -0.39 is 12.0 Å². The van der Waals surface area contributed by atoms with Crippen molar-refractivity contribution in [2.75, 3.05) is 14.2 Å². The first-order chi connectivity index (χ1) is 18.0. The van der Waals surface area contributed by atoms with Gasteiger partial charge >= 0.3 is 5.97 Å². The predicted octanol–water partition coefficient (Wildman–Crippen LogP) is 4.06. The highest BCUT2D eigenvalue weighted by molar-refractivity contribution is 7.10. The maximum absolute atomic E-state index is 13.6. The fraction of sp³-hybridized carbons (Fsp3) is 0.179. The van der Waals surface area contributed by atoms with Gasteiger partial charge in [-0.3, -0.25) is 9.36 Å². The van der Waals surface area contributed by atoms with E-state index in [0.717, 1.165) is 16.0 Å². The van der Waals surface area contributed by atoms with Crippen molar-refractivity contribution in [2.24, 2.45) is 4.99 Å². The number of hydrogen-bond donors (Lipinski definition) is 0. The molecule has 1 aliphatic rings. The summed E-state index contributed by atoms with van der Waals surface area (Å²) in [4.78, 5) is 32.3. The Bertz CT molecular complexity index is 1650. The third-order valence-electron chi connectivity index (χ3n) is 5.96. The molecule has 2 aromatic heterocycles. The molecule has 4 aromatic rings. The molecule has 7 nitrogen and oxygen atoms in total. The molecule has 188 valence electrons. The van der Waals surface area contributed by atoms with Gasteiger partial charge in [0.05, 0.1) is 30.0 Å². The standard InChI is InChI=1S/C28H24N2O5S2/c1-17-24(27(32)34-3)25(22-10-7-13-36-22)30-26(31)23(37-28(30)29-17)15-19-11-12-20(21(14-19)33-2)35-16-18-8-5-4-6-9-18/h4-15,25H,16H2,1-3H3/b23-15+/t25-/m0/s1. The Morgan fingerprint density at radius 3 is 2.59 bits per heavy atom. The van der Waals surface area contributed by atoms with Crippen molar-refractivity contribution in [3.8, 4) is 11.5 Å². The first kappa shape index (κ1) is 24.7. The minimum absolute atomic E-state index is 0.223. The van der Waals surface area contributed by atoms with Gasteiger partial charge in [-0.2, -0.15) is 0 Å². The number of rotatable bonds is 7. The Labute approximate surface area is 221 Å². The molecule has 3 heterocycles. The Morgan fingerprint density at radius 2 is 1.89 bits per heavy atom. The average Bonchev–Trinajstić information content (AvgIpc) is 3.55. The topological polar surface area (TPSA) is 79.1 Å². The number of thiazole rings is 1. The molecule has 0 saturated carbocycles. The summed E-state index contributed by atoms with van der Waals surface area (Å²) in [7, 11) is 2.92. The molecule has 37 heavy (non-hydrogen) atoms. The highest BCUT2D eigenvalue weighted by Gasteiger charge is 2.33. The zero-order chi connectivity index (χ0) is 25.9. The largest absolute Gasteiger partial charge is 0.493 e. The third kappa shape index (κ3) is 4.87. The molecule has 1 aliphatic heterocycles. The number of ether oxygens (including phenoxy) is 3. The number of benzene rings is 2. The molecule has 9 heteroatoms. The van der Waals surface area contributed by atoms with Crippen molar-refractivity contribution in [1.29, 1.82) is 0 Å². The average molecular weight is 533 g/mol. The van der Waals surface area contributed by atoms with Crippen LogP contribution in [0.3, 0.4) is 0 Å². The predicted molar refractivity (Wildman–Crippen MR) is 144 cm³/mol. The van der Waals surface area contributed by atoms with Gasteiger partial charge in [0.25, 0.3) is 5.56 Å². The molecule has 1 atom stereocenters. The number of thiophene rings is 1. The van der Waals surface area contributed by atoms with Gasteiger partial charge in [0.15, 0.2) is 16.3 Å². The zero-order valence-corrected chi connectivity index (χ0v) is 22.1. The summed E-state index contributed by atoms with van der Waals surface area (Å²) in [6.45, 7) is 2.18. The number of esters is 1. The third-order valence-corrected chi connectivity index (χ3v) is 7.87. The SMILES string of the molecule is COC(=O)C1=C(C)N=c2s/c(=C/c3ccc(OCc4ccccc4)c(OC)c3)c(=O)n2[C@H]1c1cccs1. The van der Waals surface area contributed by atoms with E-state index in [4.69, 9.17) is 14.2 Å². The summed E-state index contributed by atoms with van der Waals surface area (Å²) in [5.74, 6) is 0.684. The summed E-state index contributed by atoms with van der Waals surface area (Å²) in [6, 6.07) is 18.6. The van der Waals surface area contributed by atoms with Crippen molar-refractivity contribution in [2.45, 2.75) is 19.6 Å². The minimum Gasteiger partial charge on any atom is -0.493 e. The molecule has 5 rings (SSSR count). The molecule has 0 N–H and O–H groups in total. The number of allylic oxidation sites excluding steroid dienone is 1. The van der Waals surface area contributed by atoms with E-state index in [-0.39, 0.29) is 5.56 Å². The van der Waals surface area contributed by atoms with Crippen molar-refractivity contribution in [3.05, 3.63) is 113 Å². The van der Waals surface area contributed by atoms with Crippen LogP contribution in [-0.2, 0) is 16.1 Å². The van der Waals surface area contributed by atoms with Gasteiger partial charge in [-0.15, -0.1) is 11.3 Å². The van der Waals surface area contributed by atoms with Crippen molar-refractivity contribution in [3.63, 3.8) is 0 Å². The molecule has 0 fully saturated rings. The Kier molecular flexibility index (Phi) is 7.07. The second kappa shape index (κ2) is 10.6. The van der Waals surface area contributed by atoms with Crippen LogP contribution in [-0.4, -0.2) is 24.8 Å². The van der Waals surface area contributed by atoms with E-state index in [1.807, 2.05) is 66.0 Å². The number of hydrogen-bond acceptors (Lipinski definition) is 8. The van der Waals surface area contributed by atoms with Crippen LogP contribution in [0.1, 0.15) is 29.0 Å². The van der Waals surface area contributed by atoms with Gasteiger partial charge in [-0.1, -0.05) is 53.8 Å². The lowest BCUT2D eigenvalue weighted by atomic mass is 10.0. The summed E-state index contributed by atoms with van der Waals surface area (Å²) in [5.41, 5.74) is 2.52. The fourth-order valence-corrected chi connectivity index (χ4v) is 6.06. The van der Waals surface area contributed by atoms with Crippen LogP contribution in [0.4, 0.5) is 0 Å². The van der Waals surface area contributed by atoms with E-state index in [2.05, 4.69) is 4.99 Å². The number of methoxy groups -OCH3 is 2. The van der Waals surface area contributed by atoms with E-state index in [0.29, 0.717) is 38.7 Å². The van der Waals surface area contributed by atoms with Crippen LogP contribution in [0.2, 0.25) is 0 Å². The molecule has 2 aromatic carbocycles. The zero-order valence-electron chi connectivity index (χ0n) is 20.5. The van der Waals surface area contributed by atoms with E-state index in [1.54, 1.807) is 24.7 Å². The minimum atomic E-state index is -0.589. The molecular formula is C28H24N2O5S2. The van der Waals surface area contributed by atoms with Gasteiger partial charge in [-0.25, -0.2) is 9.79 Å². The lowest BCUT2D eigenvalue weighted by Gasteiger charge is -2.22. The van der Waals surface area contributed by atoms with Gasteiger partial charge in [-0.05, 0) is 47.7 Å². The monoisotopic (exact) mass is 532 g/mol. The number of aromatic nitrogens is 1. The van der Waals surface area contributed by atoms with Crippen LogP contribution in [0.25, 0.3) is 6.08 Å². The second-order valence-corrected chi connectivity index (χ2v) is 10.3. The van der Waals surface area contributed by atoms with Crippen molar-refractivity contribution >= 4 is 34.7 Å². The highest BCUT2D eigenvalue weighted by Crippen LogP contribution is 2.33. The van der Waals surface area contributed by atoms with Gasteiger partial charge < -0.3 is 14.2 Å². The Balaban J connectivity index is 1.53. The summed E-state index contributed by atoms with van der Waals surface area (Å²) >= 11 is 2.76. The number of nitrogens with zero attached hydrogens (tertiary/aromatic N) is 2. The van der Waals surface area contributed by atoms with Gasteiger partial charge in [0.2, 0.25) is 0 Å². The fourth-order valence-electron chi connectivity index (χ4n) is 4.19. The number of carbonyl (C=O) groups is 1. The Hall–Kier alpha value is -3.95. The smallest absolute Gasteiger partial charge is 0.338 e. The first-order valence-corrected chi connectivity index (χ1v) is 13.2. The molecule has 0 unspecified atom stereocenters. The van der Waals surface area contributed by atoms with Crippen molar-refractivity contribution < 1.29 is 19.0 Å². The lowest BCUT2D eigenvalue weighted by molar-refractivity contribution is -0.136. The van der Waals surface area contributed by atoms with Crippen LogP contribution >= 0.6 is 22.7 Å². The molecule has 0 amide bonds. The van der Waals surface area contributed by atoms with Crippen LogP contribution in [0.5, 0.6) is 11.5 Å². The van der Waals surface area contributed by atoms with Gasteiger partial charge in [0, 0.05) is 4.88 Å². The van der Waals surface area contributed by atoms with Crippen LogP contribution < -0.4 is 24.4 Å². The second-order valence-electron chi connectivity index (χ2n) is 8.27. The summed E-state index contributed by atoms with van der Waals surface area (Å²) in [5, 5.41) is 1.92. The highest BCUT2D eigenvalue weighted by atomic mass is 32.1. The molecular weight excluding hydrogens is 508 g/mol. The van der Waals surface area contributed by atoms with Crippen LogP contribution in [0, 0.1) is 0 Å². The normalized spacial score (nSPS) is 15.2. The Morgan fingerprint density at radius 1 is 1.08 bits per heavy atom. The van der Waals surface area contributed by atoms with Crippen molar-refractivity contribution in [1.82, 2.24) is 4.57 Å². The first-order valence-electron chi connectivity index (χ1n) is 11.5. The number of carbonyl (C=O) groups excluding carboxylic acids is 1. The van der Waals surface area contributed by atoms with E-state index >= 15 is 0 Å². The lowest BCUT2D eigenvalue weighted by Crippen LogP contribution is -2.39. The molecule has 0 bridgehead atoms. The van der Waals surface area contributed by atoms with Crippen LogP contribution in [0.15, 0.2) is 87.1 Å².